The minimum Gasteiger partial charge on any atom is -0.411 e. The Morgan fingerprint density at radius 3 is 1.10 bits per heavy atom. The second kappa shape index (κ2) is 27.2. The molecule has 0 atom stereocenters. The molecule has 0 bridgehead atoms. The van der Waals surface area contributed by atoms with E-state index in [0.29, 0.717) is 29.2 Å². The van der Waals surface area contributed by atoms with E-state index in [2.05, 4.69) is 115 Å². The molecule has 0 saturated carbocycles. The number of oxime groups is 2. The van der Waals surface area contributed by atoms with Crippen LogP contribution in [-0.4, -0.2) is 29.5 Å². The van der Waals surface area contributed by atoms with Crippen molar-refractivity contribution in [2.45, 2.75) is 142 Å². The third-order valence-electron chi connectivity index (χ3n) is 7.32. The molecule has 270 valence electrons. The molecule has 2 N–H and O–H groups in total. The number of hydrogen-bond acceptors (Lipinski definition) is 5. The molecule has 3 aromatic carbocycles. The Hall–Kier alpha value is -3.73. The maximum atomic E-state index is 8.65. The van der Waals surface area contributed by atoms with Crippen molar-refractivity contribution in [2.24, 2.45) is 10.3 Å². The van der Waals surface area contributed by atoms with Gasteiger partial charge in [-0.3, -0.25) is 0 Å². The summed E-state index contributed by atoms with van der Waals surface area (Å²) in [6.07, 6.45) is 0. The Morgan fingerprint density at radius 1 is 0.562 bits per heavy atom. The summed E-state index contributed by atoms with van der Waals surface area (Å²) in [5.41, 5.74) is 13.3. The van der Waals surface area contributed by atoms with Crippen LogP contribution in [0, 0.1) is 26.2 Å². The van der Waals surface area contributed by atoms with Gasteiger partial charge >= 0.3 is 0 Å². The molecule has 5 nitrogen and oxygen atoms in total. The molecule has 0 fully saturated rings. The molecule has 0 unspecified atom stereocenters. The predicted octanol–water partition coefficient (Wildman–Crippen LogP) is 13.4. The van der Waals surface area contributed by atoms with Crippen molar-refractivity contribution in [3.05, 3.63) is 105 Å². The first kappa shape index (κ1) is 48.7. The lowest BCUT2D eigenvalue weighted by Crippen LogP contribution is -1.99. The lowest BCUT2D eigenvalue weighted by molar-refractivity contribution is 0.213. The van der Waals surface area contributed by atoms with Crippen molar-refractivity contribution in [3.63, 3.8) is 0 Å². The van der Waals surface area contributed by atoms with Crippen molar-refractivity contribution in [2.75, 3.05) is 7.11 Å². The van der Waals surface area contributed by atoms with Gasteiger partial charge in [-0.15, -0.1) is 0 Å². The zero-order valence-electron chi connectivity index (χ0n) is 34.2. The van der Waals surface area contributed by atoms with E-state index < -0.39 is 0 Å². The van der Waals surface area contributed by atoms with Crippen LogP contribution in [0.3, 0.4) is 0 Å². The van der Waals surface area contributed by atoms with E-state index in [-0.39, 0.29) is 0 Å². The van der Waals surface area contributed by atoms with Crippen LogP contribution in [0.2, 0.25) is 0 Å². The molecule has 0 spiro atoms. The van der Waals surface area contributed by atoms with Crippen molar-refractivity contribution < 1.29 is 10.0 Å². The maximum Gasteiger partial charge on any atom is 0.106 e. The Bertz CT molecular complexity index is 1380. The first-order chi connectivity index (χ1) is 22.6. The molecule has 5 heteroatoms. The highest BCUT2D eigenvalue weighted by molar-refractivity contribution is 5.99. The molecule has 0 aliphatic rings. The van der Waals surface area contributed by atoms with Crippen LogP contribution in [0.25, 0.3) is 0 Å². The highest BCUT2D eigenvalue weighted by atomic mass is 16.6. The van der Waals surface area contributed by atoms with Crippen LogP contribution in [0.4, 0.5) is 0 Å². The van der Waals surface area contributed by atoms with Crippen LogP contribution >= 0.6 is 0 Å². The molecular formula is C43H71N3O2. The van der Waals surface area contributed by atoms with Crippen LogP contribution < -0.4 is 0 Å². The van der Waals surface area contributed by atoms with Crippen LogP contribution in [0.15, 0.2) is 64.9 Å². The summed E-state index contributed by atoms with van der Waals surface area (Å²) in [4.78, 5) is 4.76. The number of nitrogens with zero attached hydrogens (tertiary/aromatic N) is 2. The highest BCUT2D eigenvalue weighted by Crippen LogP contribution is 2.22. The van der Waals surface area contributed by atoms with E-state index in [9.17, 15) is 0 Å². The van der Waals surface area contributed by atoms with Crippen molar-refractivity contribution in [1.29, 1.82) is 5.41 Å². The summed E-state index contributed by atoms with van der Waals surface area (Å²) >= 11 is 0. The largest absolute Gasteiger partial charge is 0.411 e. The smallest absolute Gasteiger partial charge is 0.106 e. The molecule has 0 radical (unpaired) electrons. The van der Waals surface area contributed by atoms with E-state index >= 15 is 0 Å². The lowest BCUT2D eigenvalue weighted by Gasteiger charge is -2.11. The minimum absolute atomic E-state index is 0.537. The Balaban J connectivity index is -0.000000586. The summed E-state index contributed by atoms with van der Waals surface area (Å²) in [5.74, 6) is 1.68. The minimum atomic E-state index is 0.537. The van der Waals surface area contributed by atoms with E-state index in [1.54, 1.807) is 14.0 Å². The average Bonchev–Trinajstić information content (AvgIpc) is 3.07. The van der Waals surface area contributed by atoms with Crippen LogP contribution in [-0.2, 0) is 4.84 Å². The molecule has 48 heavy (non-hydrogen) atoms. The third-order valence-corrected chi connectivity index (χ3v) is 7.32. The SMILES string of the molecule is C/C(=N\O)c1ccc(C(C)C)c(C)c1.CC.CC.CC.CC(=N)c1ccc(C(C)C)c(C)c1.CO/N=C(\C)c1ccc(C(C)C)c(C)c1. The Kier molecular flexibility index (Phi) is 27.6. The van der Waals surface area contributed by atoms with E-state index in [1.807, 2.05) is 67.5 Å². The number of nitrogens with one attached hydrogen (secondary N) is 1. The van der Waals surface area contributed by atoms with Gasteiger partial charge in [0.25, 0.3) is 0 Å². The van der Waals surface area contributed by atoms with E-state index in [4.69, 9.17) is 15.5 Å². The number of hydrogen-bond donors (Lipinski definition) is 2. The predicted molar refractivity (Wildman–Crippen MR) is 216 cm³/mol. The summed E-state index contributed by atoms with van der Waals surface area (Å²) in [6, 6.07) is 18.8. The molecule has 0 aliphatic carbocycles. The quantitative estimate of drug-likeness (QED) is 0.150. The summed E-state index contributed by atoms with van der Waals surface area (Å²) in [6.45, 7) is 37.1. The number of rotatable bonds is 7. The maximum absolute atomic E-state index is 8.65. The van der Waals surface area contributed by atoms with Crippen molar-refractivity contribution >= 4 is 17.1 Å². The second-order valence-corrected chi connectivity index (χ2v) is 11.8. The summed E-state index contributed by atoms with van der Waals surface area (Å²) < 4.78 is 0. The zero-order valence-corrected chi connectivity index (χ0v) is 34.2. The first-order valence-corrected chi connectivity index (χ1v) is 17.8. The molecule has 0 aliphatic heterocycles. The summed E-state index contributed by atoms with van der Waals surface area (Å²) in [5, 5.41) is 23.3. The molecule has 0 saturated heterocycles. The second-order valence-electron chi connectivity index (χ2n) is 11.8. The monoisotopic (exact) mass is 662 g/mol. The van der Waals surface area contributed by atoms with Gasteiger partial charge < -0.3 is 15.5 Å². The molecule has 3 aromatic rings. The normalized spacial score (nSPS) is 10.5. The van der Waals surface area contributed by atoms with Gasteiger partial charge in [-0.2, -0.15) is 0 Å². The van der Waals surface area contributed by atoms with Crippen molar-refractivity contribution in [3.8, 4) is 0 Å². The summed E-state index contributed by atoms with van der Waals surface area (Å²) in [7, 11) is 1.57. The van der Waals surface area contributed by atoms with Gasteiger partial charge in [-0.05, 0) is 128 Å². The Labute approximate surface area is 296 Å². The van der Waals surface area contributed by atoms with Crippen molar-refractivity contribution in [1.82, 2.24) is 0 Å². The number of benzene rings is 3. The Morgan fingerprint density at radius 2 is 0.854 bits per heavy atom. The van der Waals surface area contributed by atoms with Gasteiger partial charge in [0.15, 0.2) is 0 Å². The van der Waals surface area contributed by atoms with Crippen LogP contribution in [0.1, 0.15) is 172 Å². The van der Waals surface area contributed by atoms with Gasteiger partial charge in [0.05, 0.1) is 11.4 Å². The fourth-order valence-corrected chi connectivity index (χ4v) is 4.90. The van der Waals surface area contributed by atoms with Gasteiger partial charge in [-0.25, -0.2) is 0 Å². The first-order valence-electron chi connectivity index (χ1n) is 17.8. The van der Waals surface area contributed by atoms with Gasteiger partial charge in [0, 0.05) is 5.71 Å². The fraction of sp³-hybridized carbons (Fsp3) is 0.512. The molecule has 0 heterocycles. The molecule has 0 amide bonds. The highest BCUT2D eigenvalue weighted by Gasteiger charge is 2.07. The average molecular weight is 662 g/mol. The van der Waals surface area contributed by atoms with E-state index in [0.717, 1.165) is 22.4 Å². The zero-order chi connectivity index (χ0) is 38.1. The molecular weight excluding hydrogens is 590 g/mol. The van der Waals surface area contributed by atoms with Crippen LogP contribution in [0.5, 0.6) is 0 Å². The molecule has 3 rings (SSSR count). The molecule has 0 aromatic heterocycles. The van der Waals surface area contributed by atoms with E-state index in [1.165, 1.54) is 33.4 Å². The number of aryl methyl sites for hydroxylation is 3. The standard InChI is InChI=1S/C13H19NO.C12H17NO.C12H17N.3C2H6/c1-9(2)13-7-6-12(8-10(13)3)11(4)14-15-5;1-8(2)12-6-5-11(7-9(12)3)10(4)13-14;1-8(2)12-6-5-11(10(4)13)7-9(12)3;3*1-2/h6-9H,1-5H3;5-8,14H,1-4H3;5-8,13H,1-4H3;3*1-2H3/b14-11+;13-10+;;;;. The van der Waals surface area contributed by atoms with Gasteiger partial charge in [0.1, 0.15) is 7.11 Å². The lowest BCUT2D eigenvalue weighted by atomic mass is 9.95. The third kappa shape index (κ3) is 17.4. The van der Waals surface area contributed by atoms with Gasteiger partial charge in [-0.1, -0.05) is 130 Å². The fourth-order valence-electron chi connectivity index (χ4n) is 4.90. The van der Waals surface area contributed by atoms with Gasteiger partial charge in [0.2, 0.25) is 0 Å². The topological polar surface area (TPSA) is 78.0 Å².